The van der Waals surface area contributed by atoms with Gasteiger partial charge in [0.1, 0.15) is 16.1 Å². The van der Waals surface area contributed by atoms with E-state index in [1.807, 2.05) is 0 Å². The van der Waals surface area contributed by atoms with Gasteiger partial charge in [-0.15, -0.1) is 0 Å². The zero-order chi connectivity index (χ0) is 16.6. The molecule has 0 N–H and O–H groups in total. The van der Waals surface area contributed by atoms with Gasteiger partial charge in [-0.3, -0.25) is 14.5 Å². The largest absolute Gasteiger partial charge is 0.497 e. The van der Waals surface area contributed by atoms with Gasteiger partial charge in [-0.25, -0.2) is 4.79 Å². The van der Waals surface area contributed by atoms with Gasteiger partial charge in [-0.1, -0.05) is 36.1 Å². The Bertz CT molecular complexity index is 741. The molecule has 1 unspecified atom stereocenters. The van der Waals surface area contributed by atoms with E-state index in [2.05, 4.69) is 4.74 Å². The summed E-state index contributed by atoms with van der Waals surface area (Å²) in [7, 11) is 1.57. The van der Waals surface area contributed by atoms with Crippen molar-refractivity contribution in [1.29, 1.82) is 0 Å². The molecule has 1 atom stereocenters. The molecule has 1 aromatic carbocycles. The van der Waals surface area contributed by atoms with Gasteiger partial charge in [-0.2, -0.15) is 0 Å². The molecular weight excluding hydrogens is 338 g/mol. The minimum absolute atomic E-state index is 0.166. The lowest BCUT2D eigenvalue weighted by Gasteiger charge is -2.17. The number of methoxy groups -OCH3 is 1. The normalized spacial score (nSPS) is 22.9. The fraction of sp³-hybridized carbons (Fsp3) is 0.200. The van der Waals surface area contributed by atoms with Crippen molar-refractivity contribution in [1.82, 2.24) is 4.90 Å². The van der Waals surface area contributed by atoms with Crippen LogP contribution >= 0.6 is 24.0 Å². The highest BCUT2D eigenvalue weighted by atomic mass is 32.2. The number of carbonyl (C=O) groups excluding carboxylic acids is 3. The van der Waals surface area contributed by atoms with Gasteiger partial charge in [0, 0.05) is 0 Å². The fourth-order valence-corrected chi connectivity index (χ4v) is 3.62. The van der Waals surface area contributed by atoms with Crippen LogP contribution in [-0.4, -0.2) is 40.2 Å². The SMILES string of the molecule is COc1ccc(C=C2SC(=S)N(C3CC(=O)OC3=O)C2=O)cc1. The number of hydrogen-bond acceptors (Lipinski definition) is 7. The van der Waals surface area contributed by atoms with Crippen molar-refractivity contribution in [2.75, 3.05) is 7.11 Å². The Labute approximate surface area is 141 Å². The molecule has 0 aromatic heterocycles. The summed E-state index contributed by atoms with van der Waals surface area (Å²) in [6.45, 7) is 0. The van der Waals surface area contributed by atoms with E-state index in [1.165, 1.54) is 0 Å². The topological polar surface area (TPSA) is 72.9 Å². The van der Waals surface area contributed by atoms with E-state index in [0.29, 0.717) is 10.7 Å². The molecule has 1 amide bonds. The molecule has 2 aliphatic rings. The highest BCUT2D eigenvalue weighted by Crippen LogP contribution is 2.36. The van der Waals surface area contributed by atoms with E-state index in [-0.39, 0.29) is 10.7 Å². The van der Waals surface area contributed by atoms with Crippen LogP contribution in [0.4, 0.5) is 0 Å². The number of esters is 2. The number of cyclic esters (lactones) is 2. The van der Waals surface area contributed by atoms with E-state index >= 15 is 0 Å². The number of thiocarbonyl (C=S) groups is 1. The van der Waals surface area contributed by atoms with Gasteiger partial charge >= 0.3 is 11.9 Å². The van der Waals surface area contributed by atoms with Crippen LogP contribution in [0.1, 0.15) is 12.0 Å². The Morgan fingerprint density at radius 1 is 1.30 bits per heavy atom. The second-order valence-corrected chi connectivity index (χ2v) is 6.51. The first kappa shape index (κ1) is 15.7. The Morgan fingerprint density at radius 2 is 2.00 bits per heavy atom. The average Bonchev–Trinajstić information content (AvgIpc) is 2.99. The zero-order valence-corrected chi connectivity index (χ0v) is 13.6. The first-order valence-electron chi connectivity index (χ1n) is 6.65. The highest BCUT2D eigenvalue weighted by molar-refractivity contribution is 8.26. The molecule has 2 fully saturated rings. The predicted octanol–water partition coefficient (Wildman–Crippen LogP) is 1.74. The third-order valence-corrected chi connectivity index (χ3v) is 4.73. The van der Waals surface area contributed by atoms with Crippen molar-refractivity contribution in [3.63, 3.8) is 0 Å². The fourth-order valence-electron chi connectivity index (χ4n) is 2.26. The third kappa shape index (κ3) is 2.99. The average molecular weight is 349 g/mol. The maximum absolute atomic E-state index is 12.5. The number of ether oxygens (including phenoxy) is 2. The summed E-state index contributed by atoms with van der Waals surface area (Å²) in [5.41, 5.74) is 0.802. The number of nitrogens with zero attached hydrogens (tertiary/aromatic N) is 1. The van der Waals surface area contributed by atoms with Gasteiger partial charge < -0.3 is 9.47 Å². The van der Waals surface area contributed by atoms with Crippen molar-refractivity contribution >= 4 is 52.2 Å². The first-order chi connectivity index (χ1) is 11.0. The summed E-state index contributed by atoms with van der Waals surface area (Å²) < 4.78 is 9.81. The van der Waals surface area contributed by atoms with Gasteiger partial charge in [-0.05, 0) is 23.8 Å². The van der Waals surface area contributed by atoms with Crippen LogP contribution in [-0.2, 0) is 19.1 Å². The molecule has 1 aromatic rings. The van der Waals surface area contributed by atoms with Crippen molar-refractivity contribution in [3.8, 4) is 5.75 Å². The molecule has 118 valence electrons. The Kier molecular flexibility index (Phi) is 4.18. The van der Waals surface area contributed by atoms with Gasteiger partial charge in [0.15, 0.2) is 0 Å². The van der Waals surface area contributed by atoms with Crippen LogP contribution in [0.5, 0.6) is 5.75 Å². The molecule has 0 aliphatic carbocycles. The maximum atomic E-state index is 12.5. The monoisotopic (exact) mass is 349 g/mol. The van der Waals surface area contributed by atoms with E-state index in [0.717, 1.165) is 22.2 Å². The molecule has 2 heterocycles. The van der Waals surface area contributed by atoms with Crippen LogP contribution in [0.15, 0.2) is 29.2 Å². The van der Waals surface area contributed by atoms with Crippen molar-refractivity contribution in [2.24, 2.45) is 0 Å². The number of amides is 1. The van der Waals surface area contributed by atoms with Crippen LogP contribution in [0.2, 0.25) is 0 Å². The standard InChI is InChI=1S/C15H11NO5S2/c1-20-9-4-2-8(3-5-9)6-11-13(18)16(15(22)23-11)10-7-12(17)21-14(10)19/h2-6,10H,7H2,1H3. The van der Waals surface area contributed by atoms with Crippen molar-refractivity contribution in [3.05, 3.63) is 34.7 Å². The van der Waals surface area contributed by atoms with Gasteiger partial charge in [0.2, 0.25) is 0 Å². The number of hydrogen-bond donors (Lipinski definition) is 0. The van der Waals surface area contributed by atoms with Crippen LogP contribution < -0.4 is 4.74 Å². The zero-order valence-electron chi connectivity index (χ0n) is 12.0. The summed E-state index contributed by atoms with van der Waals surface area (Å²) >= 11 is 6.26. The minimum Gasteiger partial charge on any atom is -0.497 e. The molecular formula is C15H11NO5S2. The molecule has 23 heavy (non-hydrogen) atoms. The summed E-state index contributed by atoms with van der Waals surface area (Å²) in [4.78, 5) is 36.9. The maximum Gasteiger partial charge on any atom is 0.337 e. The smallest absolute Gasteiger partial charge is 0.337 e. The summed E-state index contributed by atoms with van der Waals surface area (Å²) in [6.07, 6.45) is 1.52. The van der Waals surface area contributed by atoms with Crippen LogP contribution in [0, 0.1) is 0 Å². The number of benzene rings is 1. The lowest BCUT2D eigenvalue weighted by atomic mass is 10.2. The molecule has 2 saturated heterocycles. The van der Waals surface area contributed by atoms with Crippen molar-refractivity contribution in [2.45, 2.75) is 12.5 Å². The summed E-state index contributed by atoms with van der Waals surface area (Å²) in [5, 5.41) is 0. The van der Waals surface area contributed by atoms with Crippen LogP contribution in [0.25, 0.3) is 6.08 Å². The Hall–Kier alpha value is -2.19. The number of rotatable bonds is 3. The van der Waals surface area contributed by atoms with E-state index in [9.17, 15) is 14.4 Å². The van der Waals surface area contributed by atoms with E-state index < -0.39 is 23.9 Å². The second-order valence-electron chi connectivity index (χ2n) is 4.84. The summed E-state index contributed by atoms with van der Waals surface area (Å²) in [6, 6.07) is 6.20. The molecule has 0 spiro atoms. The molecule has 0 bridgehead atoms. The van der Waals surface area contributed by atoms with Crippen molar-refractivity contribution < 1.29 is 23.9 Å². The predicted molar refractivity (Wildman–Crippen MR) is 87.5 cm³/mol. The lowest BCUT2D eigenvalue weighted by Crippen LogP contribution is -2.41. The van der Waals surface area contributed by atoms with E-state index in [1.54, 1.807) is 37.5 Å². The Balaban J connectivity index is 1.84. The second kappa shape index (κ2) is 6.13. The molecule has 0 saturated carbocycles. The molecule has 2 aliphatic heterocycles. The quantitative estimate of drug-likeness (QED) is 0.356. The highest BCUT2D eigenvalue weighted by Gasteiger charge is 2.46. The summed E-state index contributed by atoms with van der Waals surface area (Å²) in [5.74, 6) is -1.07. The minimum atomic E-state index is -0.961. The number of thioether (sulfide) groups is 1. The molecule has 6 nitrogen and oxygen atoms in total. The van der Waals surface area contributed by atoms with Gasteiger partial charge in [0.05, 0.1) is 18.4 Å². The molecule has 0 radical (unpaired) electrons. The third-order valence-electron chi connectivity index (χ3n) is 3.40. The van der Waals surface area contributed by atoms with E-state index in [4.69, 9.17) is 17.0 Å². The lowest BCUT2D eigenvalue weighted by molar-refractivity contribution is -0.153. The molecule has 8 heteroatoms. The number of carbonyl (C=O) groups is 3. The van der Waals surface area contributed by atoms with Crippen LogP contribution in [0.3, 0.4) is 0 Å². The molecule has 3 rings (SSSR count). The van der Waals surface area contributed by atoms with Gasteiger partial charge in [0.25, 0.3) is 5.91 Å². The Morgan fingerprint density at radius 3 is 2.57 bits per heavy atom. The first-order valence-corrected chi connectivity index (χ1v) is 7.87.